The molecular formula is C16H19N3O2. The Morgan fingerprint density at radius 2 is 1.86 bits per heavy atom. The molecule has 2 aromatic rings. The number of carbonyl (C=O) groups excluding carboxylic acids is 1. The molecule has 1 aromatic carbocycles. The molecule has 0 atom stereocenters. The Hall–Kier alpha value is -2.43. The molecule has 1 amide bonds. The maximum absolute atomic E-state index is 12.2. The molecule has 110 valence electrons. The van der Waals surface area contributed by atoms with Gasteiger partial charge in [-0.25, -0.2) is 9.97 Å². The maximum Gasteiger partial charge on any atom is 0.272 e. The lowest BCUT2D eigenvalue weighted by molar-refractivity contribution is 0.0766. The number of ether oxygens (including phenoxy) is 1. The molecular weight excluding hydrogens is 266 g/mol. The van der Waals surface area contributed by atoms with Crippen molar-refractivity contribution >= 4 is 5.91 Å². The minimum absolute atomic E-state index is 0.105. The quantitative estimate of drug-likeness (QED) is 0.818. The SMILES string of the molecule is CCN(CC)C(=O)c1cc(OCc2ccccc2)ncn1. The van der Waals surface area contributed by atoms with E-state index in [9.17, 15) is 4.79 Å². The summed E-state index contributed by atoms with van der Waals surface area (Å²) in [5.74, 6) is 0.302. The third-order valence-corrected chi connectivity index (χ3v) is 3.14. The van der Waals surface area contributed by atoms with E-state index in [1.165, 1.54) is 6.33 Å². The Bertz CT molecular complexity index is 583. The molecule has 0 spiro atoms. The van der Waals surface area contributed by atoms with Crippen molar-refractivity contribution in [2.45, 2.75) is 20.5 Å². The molecule has 0 saturated heterocycles. The molecule has 0 aliphatic heterocycles. The second-order valence-electron chi connectivity index (χ2n) is 4.49. The van der Waals surface area contributed by atoms with Crippen LogP contribution in [0.2, 0.25) is 0 Å². The van der Waals surface area contributed by atoms with Gasteiger partial charge in [0.2, 0.25) is 5.88 Å². The zero-order chi connectivity index (χ0) is 15.1. The molecule has 21 heavy (non-hydrogen) atoms. The van der Waals surface area contributed by atoms with Gasteiger partial charge in [-0.05, 0) is 19.4 Å². The van der Waals surface area contributed by atoms with Crippen molar-refractivity contribution in [3.05, 3.63) is 54.0 Å². The third kappa shape index (κ3) is 4.02. The Morgan fingerprint density at radius 1 is 1.14 bits per heavy atom. The number of aromatic nitrogens is 2. The maximum atomic E-state index is 12.2. The van der Waals surface area contributed by atoms with Crippen LogP contribution in [0.25, 0.3) is 0 Å². The average Bonchev–Trinajstić information content (AvgIpc) is 2.55. The summed E-state index contributed by atoms with van der Waals surface area (Å²) in [6, 6.07) is 11.4. The van der Waals surface area contributed by atoms with Gasteiger partial charge >= 0.3 is 0 Å². The molecule has 0 radical (unpaired) electrons. The van der Waals surface area contributed by atoms with Crippen molar-refractivity contribution in [2.75, 3.05) is 13.1 Å². The molecule has 5 heteroatoms. The summed E-state index contributed by atoms with van der Waals surface area (Å²) in [5, 5.41) is 0. The van der Waals surface area contributed by atoms with Crippen LogP contribution in [-0.4, -0.2) is 33.9 Å². The van der Waals surface area contributed by atoms with Gasteiger partial charge < -0.3 is 9.64 Å². The highest BCUT2D eigenvalue weighted by atomic mass is 16.5. The zero-order valence-electron chi connectivity index (χ0n) is 12.3. The second-order valence-corrected chi connectivity index (χ2v) is 4.49. The Morgan fingerprint density at radius 3 is 2.52 bits per heavy atom. The van der Waals surface area contributed by atoms with E-state index in [1.54, 1.807) is 11.0 Å². The van der Waals surface area contributed by atoms with E-state index in [2.05, 4.69) is 9.97 Å². The monoisotopic (exact) mass is 285 g/mol. The molecule has 0 saturated carbocycles. The molecule has 0 aliphatic carbocycles. The van der Waals surface area contributed by atoms with Crippen LogP contribution in [0.4, 0.5) is 0 Å². The van der Waals surface area contributed by atoms with Crippen LogP contribution in [0.15, 0.2) is 42.7 Å². The number of hydrogen-bond donors (Lipinski definition) is 0. The summed E-state index contributed by atoms with van der Waals surface area (Å²) in [5.41, 5.74) is 1.41. The van der Waals surface area contributed by atoms with Gasteiger partial charge in [-0.15, -0.1) is 0 Å². The molecule has 0 aliphatic rings. The van der Waals surface area contributed by atoms with Crippen LogP contribution in [-0.2, 0) is 6.61 Å². The normalized spacial score (nSPS) is 10.2. The van der Waals surface area contributed by atoms with Crippen LogP contribution >= 0.6 is 0 Å². The van der Waals surface area contributed by atoms with E-state index >= 15 is 0 Å². The third-order valence-electron chi connectivity index (χ3n) is 3.14. The van der Waals surface area contributed by atoms with Crippen molar-refractivity contribution in [3.8, 4) is 5.88 Å². The molecule has 1 heterocycles. The van der Waals surface area contributed by atoms with E-state index in [1.807, 2.05) is 44.2 Å². The van der Waals surface area contributed by atoms with Crippen molar-refractivity contribution in [2.24, 2.45) is 0 Å². The molecule has 0 fully saturated rings. The number of nitrogens with zero attached hydrogens (tertiary/aromatic N) is 3. The first-order valence-corrected chi connectivity index (χ1v) is 7.02. The Labute approximate surface area is 124 Å². The van der Waals surface area contributed by atoms with Gasteiger partial charge in [0.15, 0.2) is 0 Å². The second kappa shape index (κ2) is 7.38. The summed E-state index contributed by atoms with van der Waals surface area (Å²) in [6.07, 6.45) is 1.36. The fourth-order valence-corrected chi connectivity index (χ4v) is 1.94. The van der Waals surface area contributed by atoms with Gasteiger partial charge in [0.1, 0.15) is 18.6 Å². The van der Waals surface area contributed by atoms with Crippen molar-refractivity contribution in [1.29, 1.82) is 0 Å². The predicted octanol–water partition coefficient (Wildman–Crippen LogP) is 2.54. The number of rotatable bonds is 6. The van der Waals surface area contributed by atoms with E-state index in [0.29, 0.717) is 31.3 Å². The van der Waals surface area contributed by atoms with Crippen molar-refractivity contribution in [3.63, 3.8) is 0 Å². The molecule has 2 rings (SSSR count). The van der Waals surface area contributed by atoms with Crippen LogP contribution in [0, 0.1) is 0 Å². The summed E-state index contributed by atoms with van der Waals surface area (Å²) < 4.78 is 5.61. The van der Waals surface area contributed by atoms with Gasteiger partial charge in [-0.1, -0.05) is 30.3 Å². The molecule has 0 N–H and O–H groups in total. The van der Waals surface area contributed by atoms with E-state index < -0.39 is 0 Å². The van der Waals surface area contributed by atoms with Crippen molar-refractivity contribution < 1.29 is 9.53 Å². The van der Waals surface area contributed by atoms with Gasteiger partial charge in [0.25, 0.3) is 5.91 Å². The largest absolute Gasteiger partial charge is 0.473 e. The highest BCUT2D eigenvalue weighted by molar-refractivity contribution is 5.92. The average molecular weight is 285 g/mol. The Balaban J connectivity index is 2.05. The first-order valence-electron chi connectivity index (χ1n) is 7.02. The summed E-state index contributed by atoms with van der Waals surface area (Å²) >= 11 is 0. The van der Waals surface area contributed by atoms with Crippen LogP contribution in [0.5, 0.6) is 5.88 Å². The van der Waals surface area contributed by atoms with E-state index in [-0.39, 0.29) is 5.91 Å². The fraction of sp³-hybridized carbons (Fsp3) is 0.312. The minimum atomic E-state index is -0.105. The summed E-state index contributed by atoms with van der Waals surface area (Å²) in [6.45, 7) is 5.60. The number of benzene rings is 1. The van der Waals surface area contributed by atoms with Crippen LogP contribution in [0.3, 0.4) is 0 Å². The first-order chi connectivity index (χ1) is 10.2. The number of hydrogen-bond acceptors (Lipinski definition) is 4. The summed E-state index contributed by atoms with van der Waals surface area (Å²) in [4.78, 5) is 22.0. The Kier molecular flexibility index (Phi) is 5.26. The topological polar surface area (TPSA) is 55.3 Å². The lowest BCUT2D eigenvalue weighted by atomic mass is 10.2. The van der Waals surface area contributed by atoms with Crippen LogP contribution < -0.4 is 4.74 Å². The lowest BCUT2D eigenvalue weighted by Crippen LogP contribution is -2.31. The van der Waals surface area contributed by atoms with E-state index in [0.717, 1.165) is 5.56 Å². The number of amides is 1. The minimum Gasteiger partial charge on any atom is -0.473 e. The smallest absolute Gasteiger partial charge is 0.272 e. The highest BCUT2D eigenvalue weighted by Gasteiger charge is 2.15. The van der Waals surface area contributed by atoms with Gasteiger partial charge in [0, 0.05) is 19.2 Å². The fourth-order valence-electron chi connectivity index (χ4n) is 1.94. The first kappa shape index (κ1) is 15.0. The molecule has 1 aromatic heterocycles. The van der Waals surface area contributed by atoms with Crippen molar-refractivity contribution in [1.82, 2.24) is 14.9 Å². The lowest BCUT2D eigenvalue weighted by Gasteiger charge is -2.17. The van der Waals surface area contributed by atoms with Gasteiger partial charge in [0.05, 0.1) is 0 Å². The zero-order valence-corrected chi connectivity index (χ0v) is 12.3. The van der Waals surface area contributed by atoms with Gasteiger partial charge in [-0.2, -0.15) is 0 Å². The highest BCUT2D eigenvalue weighted by Crippen LogP contribution is 2.11. The molecule has 0 bridgehead atoms. The van der Waals surface area contributed by atoms with E-state index in [4.69, 9.17) is 4.74 Å². The predicted molar refractivity (Wildman–Crippen MR) is 80.1 cm³/mol. The molecule has 5 nitrogen and oxygen atoms in total. The standard InChI is InChI=1S/C16H19N3O2/c1-3-19(4-2)16(20)14-10-15(18-12-17-14)21-11-13-8-6-5-7-9-13/h5-10,12H,3-4,11H2,1-2H3. The van der Waals surface area contributed by atoms with Gasteiger partial charge in [-0.3, -0.25) is 4.79 Å². The number of carbonyl (C=O) groups is 1. The van der Waals surface area contributed by atoms with Crippen LogP contribution in [0.1, 0.15) is 29.9 Å². The molecule has 0 unspecified atom stereocenters. The summed E-state index contributed by atoms with van der Waals surface area (Å²) in [7, 11) is 0.